The van der Waals surface area contributed by atoms with Crippen LogP contribution >= 0.6 is 23.4 Å². The maximum atomic E-state index is 11.3. The van der Waals surface area contributed by atoms with Gasteiger partial charge in [-0.05, 0) is 48.9 Å². The van der Waals surface area contributed by atoms with Gasteiger partial charge in [-0.1, -0.05) is 29.4 Å². The molecule has 0 aliphatic carbocycles. The number of halogens is 1. The minimum atomic E-state index is -1.06. The Hall–Kier alpha value is -2.31. The van der Waals surface area contributed by atoms with Crippen molar-refractivity contribution in [2.75, 3.05) is 0 Å². The van der Waals surface area contributed by atoms with Crippen LogP contribution in [0, 0.1) is 10.1 Å². The van der Waals surface area contributed by atoms with Crippen LogP contribution in [0.5, 0.6) is 0 Å². The predicted octanol–water partition coefficient (Wildman–Crippen LogP) is 4.89. The first kappa shape index (κ1) is 17.1. The highest BCUT2D eigenvalue weighted by Crippen LogP contribution is 2.36. The van der Waals surface area contributed by atoms with E-state index in [9.17, 15) is 14.9 Å². The summed E-state index contributed by atoms with van der Waals surface area (Å²) < 4.78 is 0. The molecule has 2 aromatic rings. The summed E-state index contributed by atoms with van der Waals surface area (Å²) in [6.45, 7) is 1.44. The van der Waals surface area contributed by atoms with Gasteiger partial charge in [-0.25, -0.2) is 4.79 Å². The molecular weight excluding hydrogens is 338 g/mol. The molecule has 0 spiro atoms. The molecule has 2 rings (SSSR count). The molecule has 23 heavy (non-hydrogen) atoms. The van der Waals surface area contributed by atoms with Crippen molar-refractivity contribution in [3.8, 4) is 0 Å². The number of nitrogens with zero attached hydrogens (tertiary/aromatic N) is 1. The fourth-order valence-corrected chi connectivity index (χ4v) is 2.82. The van der Waals surface area contributed by atoms with Crippen LogP contribution in [0.4, 0.5) is 5.69 Å². The van der Waals surface area contributed by atoms with Crippen LogP contribution in [-0.2, 0) is 4.79 Å². The molecule has 0 amide bonds. The highest BCUT2D eigenvalue weighted by atomic mass is 35.5. The van der Waals surface area contributed by atoms with Crippen molar-refractivity contribution < 1.29 is 14.8 Å². The van der Waals surface area contributed by atoms with Gasteiger partial charge in [-0.2, -0.15) is 0 Å². The van der Waals surface area contributed by atoms with Crippen molar-refractivity contribution >= 4 is 41.1 Å². The second kappa shape index (κ2) is 7.30. The van der Waals surface area contributed by atoms with Gasteiger partial charge >= 0.3 is 5.97 Å². The SMILES string of the molecule is C/C(=C\c1ccc(Sc2ccc(Cl)cc2)c([N+](=O)[O-])c1)C(=O)O. The van der Waals surface area contributed by atoms with Gasteiger partial charge in [0.1, 0.15) is 0 Å². The van der Waals surface area contributed by atoms with Crippen LogP contribution in [0.1, 0.15) is 12.5 Å². The Morgan fingerprint density at radius 3 is 2.48 bits per heavy atom. The lowest BCUT2D eigenvalue weighted by atomic mass is 10.1. The number of hydrogen-bond donors (Lipinski definition) is 1. The molecule has 0 saturated carbocycles. The van der Waals surface area contributed by atoms with Crippen molar-refractivity contribution in [2.45, 2.75) is 16.7 Å². The second-order valence-corrected chi connectivity index (χ2v) is 6.22. The number of nitro benzene ring substituents is 1. The summed E-state index contributed by atoms with van der Waals surface area (Å²) in [5.41, 5.74) is 0.506. The normalized spacial score (nSPS) is 11.3. The lowest BCUT2D eigenvalue weighted by Crippen LogP contribution is -1.96. The number of carboxylic acid groups (broad SMARTS) is 1. The molecule has 7 heteroatoms. The lowest BCUT2D eigenvalue weighted by Gasteiger charge is -2.05. The van der Waals surface area contributed by atoms with Gasteiger partial charge in [0.05, 0.1) is 9.82 Å². The Labute approximate surface area is 141 Å². The van der Waals surface area contributed by atoms with E-state index in [2.05, 4.69) is 0 Å². The zero-order valence-electron chi connectivity index (χ0n) is 12.0. The first-order valence-electron chi connectivity index (χ1n) is 6.50. The van der Waals surface area contributed by atoms with Gasteiger partial charge in [0.25, 0.3) is 5.69 Å². The Kier molecular flexibility index (Phi) is 5.41. The lowest BCUT2D eigenvalue weighted by molar-refractivity contribution is -0.387. The van der Waals surface area contributed by atoms with Crippen LogP contribution in [-0.4, -0.2) is 16.0 Å². The van der Waals surface area contributed by atoms with Gasteiger partial charge in [0.15, 0.2) is 0 Å². The molecule has 0 atom stereocenters. The monoisotopic (exact) mass is 349 g/mol. The van der Waals surface area contributed by atoms with Crippen LogP contribution < -0.4 is 0 Å². The Morgan fingerprint density at radius 2 is 1.91 bits per heavy atom. The van der Waals surface area contributed by atoms with Crippen LogP contribution in [0.3, 0.4) is 0 Å². The van der Waals surface area contributed by atoms with Crippen molar-refractivity contribution in [2.24, 2.45) is 0 Å². The largest absolute Gasteiger partial charge is 0.478 e. The molecule has 0 aromatic heterocycles. The first-order valence-corrected chi connectivity index (χ1v) is 7.69. The van der Waals surface area contributed by atoms with Gasteiger partial charge < -0.3 is 5.11 Å². The summed E-state index contributed by atoms with van der Waals surface area (Å²) in [5.74, 6) is -1.06. The third kappa shape index (κ3) is 4.58. The van der Waals surface area contributed by atoms with E-state index in [4.69, 9.17) is 16.7 Å². The van der Waals surface area contributed by atoms with E-state index in [1.807, 2.05) is 0 Å². The molecule has 0 aliphatic heterocycles. The fraction of sp³-hybridized carbons (Fsp3) is 0.0625. The average molecular weight is 350 g/mol. The van der Waals surface area contributed by atoms with Gasteiger partial charge in [-0.3, -0.25) is 10.1 Å². The Balaban J connectivity index is 2.37. The number of aliphatic carboxylic acids is 1. The molecule has 5 nitrogen and oxygen atoms in total. The predicted molar refractivity (Wildman–Crippen MR) is 90.0 cm³/mol. The summed E-state index contributed by atoms with van der Waals surface area (Å²) in [5, 5.41) is 20.7. The average Bonchev–Trinajstić information content (AvgIpc) is 2.50. The van der Waals surface area contributed by atoms with E-state index in [1.54, 1.807) is 36.4 Å². The van der Waals surface area contributed by atoms with E-state index in [-0.39, 0.29) is 11.3 Å². The van der Waals surface area contributed by atoms with E-state index in [1.165, 1.54) is 30.8 Å². The highest BCUT2D eigenvalue weighted by molar-refractivity contribution is 7.99. The number of nitro groups is 1. The summed E-state index contributed by atoms with van der Waals surface area (Å²) in [4.78, 5) is 22.9. The molecule has 0 aliphatic rings. The molecular formula is C16H12ClNO4S. The van der Waals surface area contributed by atoms with Crippen LogP contribution in [0.25, 0.3) is 6.08 Å². The second-order valence-electron chi connectivity index (χ2n) is 4.67. The molecule has 1 N–H and O–H groups in total. The third-order valence-electron chi connectivity index (χ3n) is 2.94. The molecule has 0 fully saturated rings. The van der Waals surface area contributed by atoms with E-state index in [0.717, 1.165) is 4.90 Å². The standard InChI is InChI=1S/C16H12ClNO4S/c1-10(16(19)20)8-11-2-7-15(14(9-11)18(21)22)23-13-5-3-12(17)4-6-13/h2-9H,1H3,(H,19,20)/b10-8+. The van der Waals surface area contributed by atoms with Gasteiger partial charge in [0, 0.05) is 21.6 Å². The number of carboxylic acids is 1. The first-order chi connectivity index (χ1) is 10.9. The number of benzene rings is 2. The zero-order valence-corrected chi connectivity index (χ0v) is 13.6. The Bertz CT molecular complexity index is 787. The van der Waals surface area contributed by atoms with Crippen LogP contribution in [0.2, 0.25) is 5.02 Å². The van der Waals surface area contributed by atoms with Crippen molar-refractivity contribution in [3.63, 3.8) is 0 Å². The maximum Gasteiger partial charge on any atom is 0.331 e. The maximum absolute atomic E-state index is 11.3. The Morgan fingerprint density at radius 1 is 1.26 bits per heavy atom. The molecule has 0 radical (unpaired) electrons. The van der Waals surface area contributed by atoms with Crippen molar-refractivity contribution in [1.82, 2.24) is 0 Å². The summed E-state index contributed by atoms with van der Waals surface area (Å²) in [7, 11) is 0. The molecule has 2 aromatic carbocycles. The molecule has 0 unspecified atom stereocenters. The summed E-state index contributed by atoms with van der Waals surface area (Å²) >= 11 is 7.07. The smallest absolute Gasteiger partial charge is 0.331 e. The van der Waals surface area contributed by atoms with Crippen molar-refractivity contribution in [1.29, 1.82) is 0 Å². The van der Waals surface area contributed by atoms with Gasteiger partial charge in [0.2, 0.25) is 0 Å². The fourth-order valence-electron chi connectivity index (χ4n) is 1.79. The number of hydrogen-bond acceptors (Lipinski definition) is 4. The summed E-state index contributed by atoms with van der Waals surface area (Å²) in [6, 6.07) is 11.6. The number of rotatable bonds is 5. The highest BCUT2D eigenvalue weighted by Gasteiger charge is 2.15. The minimum Gasteiger partial charge on any atom is -0.478 e. The zero-order chi connectivity index (χ0) is 17.0. The van der Waals surface area contributed by atoms with Gasteiger partial charge in [-0.15, -0.1) is 0 Å². The van der Waals surface area contributed by atoms with Crippen LogP contribution in [0.15, 0.2) is 57.8 Å². The molecule has 0 bridgehead atoms. The minimum absolute atomic E-state index is 0.0723. The quantitative estimate of drug-likeness (QED) is 0.472. The molecule has 0 heterocycles. The third-order valence-corrected chi connectivity index (χ3v) is 4.27. The molecule has 0 saturated heterocycles. The number of carbonyl (C=O) groups is 1. The molecule has 118 valence electrons. The van der Waals surface area contributed by atoms with E-state index < -0.39 is 10.9 Å². The van der Waals surface area contributed by atoms with E-state index in [0.29, 0.717) is 15.5 Å². The topological polar surface area (TPSA) is 80.4 Å². The van der Waals surface area contributed by atoms with E-state index >= 15 is 0 Å². The summed E-state index contributed by atoms with van der Waals surface area (Å²) in [6.07, 6.45) is 1.39. The van der Waals surface area contributed by atoms with Crippen molar-refractivity contribution in [3.05, 3.63) is 68.7 Å².